The van der Waals surface area contributed by atoms with E-state index >= 15 is 0 Å². The summed E-state index contributed by atoms with van der Waals surface area (Å²) in [6, 6.07) is 15.8. The maximum Gasteiger partial charge on any atom is 0.267 e. The Bertz CT molecular complexity index is 2120. The Morgan fingerprint density at radius 3 is 2.44 bits per heavy atom. The third kappa shape index (κ3) is 5.46. The van der Waals surface area contributed by atoms with Gasteiger partial charge in [-0.15, -0.1) is 0 Å². The Kier molecular flexibility index (Phi) is 8.13. The number of carbonyl (C=O) groups is 1. The Balaban J connectivity index is 1.32. The van der Waals surface area contributed by atoms with Crippen LogP contribution in [0, 0.1) is 0 Å². The molecule has 0 unspecified atom stereocenters. The zero-order valence-electron chi connectivity index (χ0n) is 25.0. The van der Waals surface area contributed by atoms with Crippen LogP contribution in [0.3, 0.4) is 0 Å². The van der Waals surface area contributed by atoms with E-state index in [9.17, 15) is 18.0 Å². The Labute approximate surface area is 268 Å². The summed E-state index contributed by atoms with van der Waals surface area (Å²) in [4.78, 5) is 30.4. The molecule has 5 aromatic rings. The number of para-hydroxylation sites is 1. The lowest BCUT2D eigenvalue weighted by molar-refractivity contribution is -0.121. The van der Waals surface area contributed by atoms with Crippen molar-refractivity contribution in [3.63, 3.8) is 0 Å². The molecule has 1 amide bonds. The van der Waals surface area contributed by atoms with Crippen molar-refractivity contribution in [3.8, 4) is 22.9 Å². The average Bonchev–Trinajstić information content (AvgIpc) is 3.77. The van der Waals surface area contributed by atoms with Gasteiger partial charge in [0, 0.05) is 27.8 Å². The van der Waals surface area contributed by atoms with Gasteiger partial charge in [-0.3, -0.25) is 18.9 Å². The Hall–Kier alpha value is -4.29. The lowest BCUT2D eigenvalue weighted by atomic mass is 9.94. The molecular formula is C33H32BrN3O7S. The summed E-state index contributed by atoms with van der Waals surface area (Å²) >= 11 is 3.54. The first-order valence-electron chi connectivity index (χ1n) is 14.5. The van der Waals surface area contributed by atoms with E-state index in [1.165, 1.54) is 11.7 Å². The number of nitrogens with zero attached hydrogens (tertiary/aromatic N) is 1. The summed E-state index contributed by atoms with van der Waals surface area (Å²) in [5, 5.41) is 1.70. The second kappa shape index (κ2) is 11.9. The first kappa shape index (κ1) is 30.7. The van der Waals surface area contributed by atoms with Gasteiger partial charge in [-0.25, -0.2) is 8.42 Å². The fourth-order valence-electron chi connectivity index (χ4n) is 5.84. The lowest BCUT2D eigenvalue weighted by Gasteiger charge is -2.18. The fourth-order valence-corrected chi connectivity index (χ4v) is 7.63. The first-order valence-corrected chi connectivity index (χ1v) is 17.0. The predicted octanol–water partition coefficient (Wildman–Crippen LogP) is 5.72. The maximum absolute atomic E-state index is 13.9. The molecule has 234 valence electrons. The first-order chi connectivity index (χ1) is 21.6. The second-order valence-corrected chi connectivity index (χ2v) is 13.4. The van der Waals surface area contributed by atoms with Crippen LogP contribution in [0.1, 0.15) is 37.8 Å². The number of pyridine rings is 1. The molecule has 0 saturated heterocycles. The number of hydrogen-bond donors (Lipinski definition) is 2. The van der Waals surface area contributed by atoms with Crippen LogP contribution in [-0.4, -0.2) is 44.2 Å². The highest BCUT2D eigenvalue weighted by atomic mass is 79.9. The molecule has 0 atom stereocenters. The van der Waals surface area contributed by atoms with E-state index in [-0.39, 0.29) is 5.56 Å². The van der Waals surface area contributed by atoms with Gasteiger partial charge in [0.05, 0.1) is 53.5 Å². The van der Waals surface area contributed by atoms with Gasteiger partial charge in [-0.05, 0) is 78.5 Å². The van der Waals surface area contributed by atoms with Crippen molar-refractivity contribution in [2.75, 3.05) is 20.3 Å². The number of halogens is 1. The van der Waals surface area contributed by atoms with Crippen LogP contribution >= 0.6 is 15.9 Å². The van der Waals surface area contributed by atoms with E-state index < -0.39 is 27.1 Å². The standard InChI is InChI=1S/C33H32BrN3O7S/c1-4-43-29-21-9-8-16-35-28(21)30(44-5-2)22-18-37(31(38)27(22)29)25-13-12-20(17-24(25)34)19-45(40,41)36-32(39)33(14-15-33)23-10-6-7-11-26(23)42-3/h6-13,16-18,35H,4-5,14-15,19H2,1-3H3,(H,36,39). The van der Waals surface area contributed by atoms with Gasteiger partial charge in [0.2, 0.25) is 15.9 Å². The number of amides is 1. The largest absolute Gasteiger partial charge is 0.496 e. The third-order valence-electron chi connectivity index (χ3n) is 8.02. The third-order valence-corrected chi connectivity index (χ3v) is 9.87. The van der Waals surface area contributed by atoms with Gasteiger partial charge < -0.3 is 19.2 Å². The van der Waals surface area contributed by atoms with E-state index in [0.29, 0.717) is 80.9 Å². The lowest BCUT2D eigenvalue weighted by Crippen LogP contribution is -2.39. The molecule has 1 fully saturated rings. The molecule has 2 aromatic heterocycles. The summed E-state index contributed by atoms with van der Waals surface area (Å²) in [5.74, 6) is 0.547. The molecule has 0 aliphatic heterocycles. The summed E-state index contributed by atoms with van der Waals surface area (Å²) in [5.41, 5.74) is 1.09. The van der Waals surface area contributed by atoms with Gasteiger partial charge in [-0.2, -0.15) is 0 Å². The van der Waals surface area contributed by atoms with Crippen molar-refractivity contribution in [3.05, 3.63) is 92.9 Å². The van der Waals surface area contributed by atoms with Crippen LogP contribution in [-0.2, 0) is 26.0 Å². The molecule has 0 spiro atoms. The predicted molar refractivity (Wildman–Crippen MR) is 176 cm³/mol. The van der Waals surface area contributed by atoms with Crippen LogP contribution < -0.4 is 24.5 Å². The van der Waals surface area contributed by atoms with Crippen molar-refractivity contribution < 1.29 is 27.4 Å². The second-order valence-electron chi connectivity index (χ2n) is 10.8. The van der Waals surface area contributed by atoms with E-state index in [1.807, 2.05) is 26.0 Å². The minimum atomic E-state index is -4.04. The zero-order valence-corrected chi connectivity index (χ0v) is 27.4. The van der Waals surface area contributed by atoms with Crippen LogP contribution in [0.4, 0.5) is 0 Å². The Morgan fingerprint density at radius 1 is 1.02 bits per heavy atom. The zero-order chi connectivity index (χ0) is 31.9. The normalized spacial score (nSPS) is 14.0. The average molecular weight is 695 g/mol. The molecule has 1 aliphatic rings. The number of aromatic amines is 1. The smallest absolute Gasteiger partial charge is 0.267 e. The monoisotopic (exact) mass is 693 g/mol. The Morgan fingerprint density at radius 2 is 1.76 bits per heavy atom. The number of fused-ring (bicyclic) bond motifs is 2. The summed E-state index contributed by atoms with van der Waals surface area (Å²) in [6.07, 6.45) is 4.55. The number of carbonyl (C=O) groups excluding carboxylic acids is 1. The van der Waals surface area contributed by atoms with Crippen LogP contribution in [0.2, 0.25) is 0 Å². The highest BCUT2D eigenvalue weighted by Crippen LogP contribution is 2.51. The van der Waals surface area contributed by atoms with Crippen LogP contribution in [0.15, 0.2) is 76.3 Å². The number of ether oxygens (including phenoxy) is 3. The number of hydrogen-bond acceptors (Lipinski definition) is 7. The SMILES string of the molecule is CCOc1c2cn(-c3ccc(CS(=O)(=O)NC(=O)C4(c5ccccc5OC)CC4)cc3Br)c(=O)c2c(OCC)c2ccc[nH]c12. The van der Waals surface area contributed by atoms with Crippen LogP contribution in [0.5, 0.6) is 17.2 Å². The highest BCUT2D eigenvalue weighted by Gasteiger charge is 2.53. The number of H-pyrrole nitrogens is 1. The van der Waals surface area contributed by atoms with Gasteiger partial charge >= 0.3 is 0 Å². The molecule has 2 N–H and O–H groups in total. The summed E-state index contributed by atoms with van der Waals surface area (Å²) in [7, 11) is -2.52. The van der Waals surface area contributed by atoms with E-state index in [2.05, 4.69) is 25.6 Å². The summed E-state index contributed by atoms with van der Waals surface area (Å²) < 4.78 is 48.0. The topological polar surface area (TPSA) is 129 Å². The maximum atomic E-state index is 13.9. The molecule has 3 aromatic carbocycles. The minimum Gasteiger partial charge on any atom is -0.496 e. The van der Waals surface area contributed by atoms with Crippen molar-refractivity contribution in [1.29, 1.82) is 0 Å². The molecule has 10 nitrogen and oxygen atoms in total. The molecule has 12 heteroatoms. The van der Waals surface area contributed by atoms with Gasteiger partial charge in [-0.1, -0.05) is 24.3 Å². The highest BCUT2D eigenvalue weighted by molar-refractivity contribution is 9.10. The number of sulfonamides is 1. The number of nitrogens with one attached hydrogen (secondary N) is 2. The number of methoxy groups -OCH3 is 1. The molecule has 0 radical (unpaired) electrons. The van der Waals surface area contributed by atoms with Crippen LogP contribution in [0.25, 0.3) is 27.4 Å². The van der Waals surface area contributed by atoms with Crippen molar-refractivity contribution in [2.45, 2.75) is 37.9 Å². The van der Waals surface area contributed by atoms with Gasteiger partial charge in [0.15, 0.2) is 5.75 Å². The molecule has 0 bridgehead atoms. The van der Waals surface area contributed by atoms with Crippen molar-refractivity contribution in [2.24, 2.45) is 0 Å². The molecule has 6 rings (SSSR count). The molecule has 1 saturated carbocycles. The minimum absolute atomic E-state index is 0.306. The number of benzene rings is 3. The van der Waals surface area contributed by atoms with E-state index in [4.69, 9.17) is 14.2 Å². The van der Waals surface area contributed by atoms with E-state index in [1.54, 1.807) is 54.9 Å². The van der Waals surface area contributed by atoms with E-state index in [0.717, 1.165) is 5.39 Å². The number of rotatable bonds is 11. The van der Waals surface area contributed by atoms with Crippen molar-refractivity contribution in [1.82, 2.24) is 14.3 Å². The van der Waals surface area contributed by atoms with Crippen molar-refractivity contribution >= 4 is 53.5 Å². The van der Waals surface area contributed by atoms with Gasteiger partial charge in [0.25, 0.3) is 5.56 Å². The molecule has 1 aliphatic carbocycles. The summed E-state index contributed by atoms with van der Waals surface area (Å²) in [6.45, 7) is 4.49. The fraction of sp³-hybridized carbons (Fsp3) is 0.273. The van der Waals surface area contributed by atoms with Gasteiger partial charge in [0.1, 0.15) is 11.5 Å². The molecule has 2 heterocycles. The molecular weight excluding hydrogens is 662 g/mol. The number of aromatic nitrogens is 2. The quantitative estimate of drug-likeness (QED) is 0.181. The molecule has 45 heavy (non-hydrogen) atoms.